The number of halogens is 1. The number of anilines is 3. The maximum Gasteiger partial charge on any atom is 0.261 e. The monoisotopic (exact) mass is 455 g/mol. The summed E-state index contributed by atoms with van der Waals surface area (Å²) in [5, 5.41) is 2.27. The Kier molecular flexibility index (Phi) is 6.04. The number of fused-ring (bicyclic) bond motifs is 1. The van der Waals surface area contributed by atoms with Crippen molar-refractivity contribution in [3.63, 3.8) is 0 Å². The first-order chi connectivity index (χ1) is 14.0. The van der Waals surface area contributed by atoms with Crippen LogP contribution >= 0.6 is 0 Å². The molecular formula is C19H22FN3O5S2. The third-order valence-electron chi connectivity index (χ3n) is 4.67. The van der Waals surface area contributed by atoms with E-state index in [-0.39, 0.29) is 22.0 Å². The van der Waals surface area contributed by atoms with Crippen LogP contribution in [0.2, 0.25) is 0 Å². The van der Waals surface area contributed by atoms with Gasteiger partial charge in [0.2, 0.25) is 15.9 Å². The Morgan fingerprint density at radius 2 is 1.87 bits per heavy atom. The number of amides is 1. The summed E-state index contributed by atoms with van der Waals surface area (Å²) in [6, 6.07) is 7.81. The molecule has 0 bridgehead atoms. The second-order valence-electron chi connectivity index (χ2n) is 6.85. The minimum Gasteiger partial charge on any atom is -0.324 e. The van der Waals surface area contributed by atoms with Gasteiger partial charge in [-0.2, -0.15) is 0 Å². The summed E-state index contributed by atoms with van der Waals surface area (Å²) in [7, 11) is -7.51. The molecule has 0 saturated heterocycles. The van der Waals surface area contributed by atoms with Gasteiger partial charge in [0.1, 0.15) is 5.82 Å². The summed E-state index contributed by atoms with van der Waals surface area (Å²) in [6.07, 6.45) is 1.24. The molecule has 0 saturated carbocycles. The lowest BCUT2D eigenvalue weighted by Gasteiger charge is -2.30. The van der Waals surface area contributed by atoms with E-state index in [0.717, 1.165) is 6.07 Å². The van der Waals surface area contributed by atoms with Crippen molar-refractivity contribution >= 4 is 43.0 Å². The fourth-order valence-corrected chi connectivity index (χ4v) is 5.50. The van der Waals surface area contributed by atoms with Gasteiger partial charge in [-0.3, -0.25) is 13.8 Å². The third-order valence-corrected chi connectivity index (χ3v) is 7.83. The van der Waals surface area contributed by atoms with E-state index in [2.05, 4.69) is 10.0 Å². The van der Waals surface area contributed by atoms with Crippen LogP contribution in [-0.4, -0.2) is 35.0 Å². The van der Waals surface area contributed by atoms with Gasteiger partial charge in [0.15, 0.2) is 0 Å². The van der Waals surface area contributed by atoms with E-state index < -0.39 is 31.8 Å². The topological polar surface area (TPSA) is 113 Å². The average Bonchev–Trinajstić information content (AvgIpc) is 2.68. The zero-order chi connectivity index (χ0) is 22.1. The second kappa shape index (κ2) is 8.23. The fraction of sp³-hybridized carbons (Fsp3) is 0.316. The van der Waals surface area contributed by atoms with E-state index >= 15 is 0 Å². The predicted molar refractivity (Wildman–Crippen MR) is 113 cm³/mol. The van der Waals surface area contributed by atoms with Crippen molar-refractivity contribution in [2.45, 2.75) is 31.6 Å². The highest BCUT2D eigenvalue weighted by molar-refractivity contribution is 7.93. The molecular weight excluding hydrogens is 433 g/mol. The van der Waals surface area contributed by atoms with Gasteiger partial charge in [-0.15, -0.1) is 0 Å². The summed E-state index contributed by atoms with van der Waals surface area (Å²) >= 11 is 0. The van der Waals surface area contributed by atoms with E-state index in [4.69, 9.17) is 0 Å². The van der Waals surface area contributed by atoms with Gasteiger partial charge in [-0.1, -0.05) is 0 Å². The number of aryl methyl sites for hydroxylation is 1. The number of hydrogen-bond acceptors (Lipinski definition) is 5. The molecule has 162 valence electrons. The van der Waals surface area contributed by atoms with Crippen LogP contribution in [0.5, 0.6) is 0 Å². The molecule has 1 aliphatic heterocycles. The van der Waals surface area contributed by atoms with Crippen LogP contribution in [0.4, 0.5) is 21.5 Å². The average molecular weight is 456 g/mol. The number of hydrogen-bond donors (Lipinski definition) is 2. The Balaban J connectivity index is 1.88. The molecule has 1 amide bonds. The molecule has 0 aromatic heterocycles. The maximum absolute atomic E-state index is 14.1. The highest BCUT2D eigenvalue weighted by atomic mass is 32.2. The summed E-state index contributed by atoms with van der Waals surface area (Å²) in [5.74, 6) is -1.38. The highest BCUT2D eigenvalue weighted by Gasteiger charge is 2.26. The van der Waals surface area contributed by atoms with E-state index in [9.17, 15) is 26.0 Å². The zero-order valence-corrected chi connectivity index (χ0v) is 18.1. The number of benzene rings is 2. The minimum atomic E-state index is -4.09. The summed E-state index contributed by atoms with van der Waals surface area (Å²) in [4.78, 5) is 10.8. The largest absolute Gasteiger partial charge is 0.324 e. The van der Waals surface area contributed by atoms with E-state index in [1.54, 1.807) is 19.1 Å². The van der Waals surface area contributed by atoms with Crippen molar-refractivity contribution in [2.75, 3.05) is 26.6 Å². The molecule has 0 aliphatic carbocycles. The summed E-state index contributed by atoms with van der Waals surface area (Å²) < 4.78 is 67.8. The molecule has 2 N–H and O–H groups in total. The molecule has 3 rings (SSSR count). The molecule has 11 heteroatoms. The van der Waals surface area contributed by atoms with Crippen LogP contribution in [-0.2, 0) is 31.3 Å². The quantitative estimate of drug-likeness (QED) is 0.695. The van der Waals surface area contributed by atoms with E-state index in [1.165, 1.54) is 29.4 Å². The van der Waals surface area contributed by atoms with Crippen molar-refractivity contribution in [3.8, 4) is 0 Å². The Bertz CT molecular complexity index is 1200. The lowest BCUT2D eigenvalue weighted by atomic mass is 10.0. The predicted octanol–water partition coefficient (Wildman–Crippen LogP) is 2.69. The minimum absolute atomic E-state index is 0.0269. The molecule has 2 aromatic rings. The standard InChI is InChI=1S/C19H22FN3O5S2/c1-3-29(25,26)23-10-4-5-14-11-15(6-9-19(14)23)22-30(27,28)16-7-8-18(17(20)12-16)21-13(2)24/h6-9,11-12,22H,3-5,10H2,1-2H3,(H,21,24). The summed E-state index contributed by atoms with van der Waals surface area (Å²) in [6.45, 7) is 3.17. The number of carbonyl (C=O) groups excluding carboxylic acids is 1. The van der Waals surface area contributed by atoms with Crippen LogP contribution in [0.15, 0.2) is 41.3 Å². The number of sulfonamides is 2. The van der Waals surface area contributed by atoms with Crippen LogP contribution in [0.25, 0.3) is 0 Å². The molecule has 1 aliphatic rings. The second-order valence-corrected chi connectivity index (χ2v) is 10.7. The normalized spacial score (nSPS) is 14.2. The number of rotatable bonds is 6. The van der Waals surface area contributed by atoms with Crippen LogP contribution in [0, 0.1) is 5.82 Å². The van der Waals surface area contributed by atoms with Crippen molar-refractivity contribution in [2.24, 2.45) is 0 Å². The number of carbonyl (C=O) groups is 1. The SMILES string of the molecule is CCS(=O)(=O)N1CCCc2cc(NS(=O)(=O)c3ccc(NC(C)=O)c(F)c3)ccc21. The van der Waals surface area contributed by atoms with Crippen LogP contribution < -0.4 is 14.3 Å². The Morgan fingerprint density at radius 1 is 1.13 bits per heavy atom. The number of nitrogens with one attached hydrogen (secondary N) is 2. The van der Waals surface area contributed by atoms with Gasteiger partial charge in [-0.05, 0) is 61.7 Å². The Labute approximate surface area is 175 Å². The van der Waals surface area contributed by atoms with E-state index in [0.29, 0.717) is 30.6 Å². The van der Waals surface area contributed by atoms with Crippen molar-refractivity contribution in [1.29, 1.82) is 0 Å². The van der Waals surface area contributed by atoms with Gasteiger partial charge < -0.3 is 5.32 Å². The molecule has 30 heavy (non-hydrogen) atoms. The highest BCUT2D eigenvalue weighted by Crippen LogP contribution is 2.32. The summed E-state index contributed by atoms with van der Waals surface area (Å²) in [5.41, 5.74) is 1.38. The van der Waals surface area contributed by atoms with Gasteiger partial charge in [0.05, 0.1) is 22.0 Å². The van der Waals surface area contributed by atoms with Crippen molar-refractivity contribution in [3.05, 3.63) is 47.8 Å². The van der Waals surface area contributed by atoms with Gasteiger partial charge in [0, 0.05) is 19.2 Å². The fourth-order valence-electron chi connectivity index (χ4n) is 3.24. The van der Waals surface area contributed by atoms with E-state index in [1.807, 2.05) is 0 Å². The molecule has 0 spiro atoms. The molecule has 0 unspecified atom stereocenters. The molecule has 2 aromatic carbocycles. The first-order valence-electron chi connectivity index (χ1n) is 9.27. The lowest BCUT2D eigenvalue weighted by Crippen LogP contribution is -2.36. The molecule has 1 heterocycles. The number of nitrogens with zero attached hydrogens (tertiary/aromatic N) is 1. The van der Waals surface area contributed by atoms with Crippen LogP contribution in [0.1, 0.15) is 25.8 Å². The third kappa shape index (κ3) is 4.57. The molecule has 0 atom stereocenters. The van der Waals surface area contributed by atoms with Crippen molar-refractivity contribution < 1.29 is 26.0 Å². The maximum atomic E-state index is 14.1. The van der Waals surface area contributed by atoms with Crippen LogP contribution in [0.3, 0.4) is 0 Å². The molecule has 0 fully saturated rings. The first kappa shape index (κ1) is 22.0. The Hall–Kier alpha value is -2.66. The molecule has 0 radical (unpaired) electrons. The zero-order valence-electron chi connectivity index (χ0n) is 16.5. The lowest BCUT2D eigenvalue weighted by molar-refractivity contribution is -0.114. The first-order valence-corrected chi connectivity index (χ1v) is 12.4. The van der Waals surface area contributed by atoms with Crippen molar-refractivity contribution in [1.82, 2.24) is 0 Å². The Morgan fingerprint density at radius 3 is 2.50 bits per heavy atom. The van der Waals surface area contributed by atoms with Gasteiger partial charge in [-0.25, -0.2) is 21.2 Å². The van der Waals surface area contributed by atoms with Gasteiger partial charge in [0.25, 0.3) is 10.0 Å². The smallest absolute Gasteiger partial charge is 0.261 e. The van der Waals surface area contributed by atoms with Gasteiger partial charge >= 0.3 is 0 Å². The molecule has 8 nitrogen and oxygen atoms in total.